The first kappa shape index (κ1) is 17.0. The van der Waals surface area contributed by atoms with Gasteiger partial charge in [-0.15, -0.1) is 0 Å². The largest absolute Gasteiger partial charge is 0.462 e. The molecule has 1 fully saturated rings. The zero-order valence-corrected chi connectivity index (χ0v) is 14.9. The molecule has 0 N–H and O–H groups in total. The van der Waals surface area contributed by atoms with Crippen LogP contribution >= 0.6 is 0 Å². The summed E-state index contributed by atoms with van der Waals surface area (Å²) in [6.07, 6.45) is 8.38. The van der Waals surface area contributed by atoms with Crippen molar-refractivity contribution in [2.45, 2.75) is 65.1 Å². The van der Waals surface area contributed by atoms with Crippen LogP contribution in [-0.2, 0) is 9.47 Å². The van der Waals surface area contributed by atoms with Gasteiger partial charge in [0.15, 0.2) is 0 Å². The van der Waals surface area contributed by atoms with Gasteiger partial charge in [0.2, 0.25) is 0 Å². The molecule has 24 heavy (non-hydrogen) atoms. The molecule has 1 aliphatic rings. The first-order valence-electron chi connectivity index (χ1n) is 9.05. The van der Waals surface area contributed by atoms with Crippen molar-refractivity contribution in [1.82, 2.24) is 4.40 Å². The molecule has 0 radical (unpaired) electrons. The number of hydrogen-bond acceptors (Lipinski definition) is 3. The minimum absolute atomic E-state index is 0.0580. The van der Waals surface area contributed by atoms with Gasteiger partial charge in [-0.3, -0.25) is 0 Å². The van der Waals surface area contributed by atoms with Crippen LogP contribution in [0.15, 0.2) is 24.4 Å². The molecule has 2 aromatic rings. The fourth-order valence-electron chi connectivity index (χ4n) is 3.78. The van der Waals surface area contributed by atoms with E-state index in [1.807, 2.05) is 38.2 Å². The number of ether oxygens (including phenoxy) is 2. The Morgan fingerprint density at radius 3 is 2.79 bits per heavy atom. The van der Waals surface area contributed by atoms with Crippen LogP contribution in [0.2, 0.25) is 0 Å². The lowest BCUT2D eigenvalue weighted by atomic mass is 9.97. The quantitative estimate of drug-likeness (QED) is 0.737. The van der Waals surface area contributed by atoms with Gasteiger partial charge in [-0.25, -0.2) is 4.79 Å². The van der Waals surface area contributed by atoms with Gasteiger partial charge in [0.25, 0.3) is 0 Å². The third kappa shape index (κ3) is 3.34. The molecule has 0 amide bonds. The van der Waals surface area contributed by atoms with Crippen LogP contribution in [0.1, 0.15) is 73.7 Å². The number of fused-ring (bicyclic) bond motifs is 1. The predicted octanol–water partition coefficient (Wildman–Crippen LogP) is 4.83. The molecule has 2 aromatic heterocycles. The molecule has 4 heteroatoms. The second-order valence-corrected chi connectivity index (χ2v) is 6.63. The highest BCUT2D eigenvalue weighted by atomic mass is 16.5. The summed E-state index contributed by atoms with van der Waals surface area (Å²) >= 11 is 0. The number of carbonyl (C=O) groups is 1. The van der Waals surface area contributed by atoms with Crippen molar-refractivity contribution in [2.75, 3.05) is 6.61 Å². The SMILES string of the molecule is CCOC(=O)c1cc2cccn2c(C(C)OC2CCCCC2)c1C. The monoisotopic (exact) mass is 329 g/mol. The van der Waals surface area contributed by atoms with Crippen LogP contribution in [0.5, 0.6) is 0 Å². The summed E-state index contributed by atoms with van der Waals surface area (Å²) in [5.74, 6) is -0.259. The molecule has 3 rings (SSSR count). The van der Waals surface area contributed by atoms with E-state index >= 15 is 0 Å². The van der Waals surface area contributed by atoms with Crippen molar-refractivity contribution in [3.63, 3.8) is 0 Å². The molecule has 1 unspecified atom stereocenters. The standard InChI is InChI=1S/C20H27NO3/c1-4-23-20(22)18-13-16-9-8-12-21(16)19(14(18)2)15(3)24-17-10-6-5-7-11-17/h8-9,12-13,15,17H,4-7,10-11H2,1-3H3. The maximum atomic E-state index is 12.3. The third-order valence-electron chi connectivity index (χ3n) is 4.95. The van der Waals surface area contributed by atoms with Gasteiger partial charge in [-0.05, 0) is 57.4 Å². The number of rotatable bonds is 5. The Hall–Kier alpha value is -1.81. The van der Waals surface area contributed by atoms with E-state index in [-0.39, 0.29) is 12.1 Å². The Morgan fingerprint density at radius 2 is 2.08 bits per heavy atom. The molecule has 130 valence electrons. The van der Waals surface area contributed by atoms with E-state index in [9.17, 15) is 4.79 Å². The molecule has 0 aromatic carbocycles. The summed E-state index contributed by atoms with van der Waals surface area (Å²) in [5.41, 5.74) is 3.63. The zero-order chi connectivity index (χ0) is 17.1. The number of pyridine rings is 1. The van der Waals surface area contributed by atoms with E-state index in [4.69, 9.17) is 9.47 Å². The Balaban J connectivity index is 1.96. The summed E-state index contributed by atoms with van der Waals surface area (Å²) in [6.45, 7) is 6.29. The lowest BCUT2D eigenvalue weighted by Gasteiger charge is -2.27. The van der Waals surface area contributed by atoms with Crippen LogP contribution in [0.25, 0.3) is 5.52 Å². The number of esters is 1. The van der Waals surface area contributed by atoms with E-state index < -0.39 is 0 Å². The maximum Gasteiger partial charge on any atom is 0.338 e. The van der Waals surface area contributed by atoms with Crippen molar-refractivity contribution < 1.29 is 14.3 Å². The van der Waals surface area contributed by atoms with Crippen molar-refractivity contribution in [3.8, 4) is 0 Å². The van der Waals surface area contributed by atoms with Gasteiger partial charge in [-0.2, -0.15) is 0 Å². The van der Waals surface area contributed by atoms with Gasteiger partial charge >= 0.3 is 5.97 Å². The highest BCUT2D eigenvalue weighted by Gasteiger charge is 2.23. The van der Waals surface area contributed by atoms with Crippen LogP contribution in [0.4, 0.5) is 0 Å². The van der Waals surface area contributed by atoms with Gasteiger partial charge in [0.05, 0.1) is 30.1 Å². The molecule has 0 aliphatic heterocycles. The minimum atomic E-state index is -0.259. The highest BCUT2D eigenvalue weighted by Crippen LogP contribution is 2.31. The highest BCUT2D eigenvalue weighted by molar-refractivity contribution is 5.92. The Kier molecular flexibility index (Phi) is 5.24. The summed E-state index contributed by atoms with van der Waals surface area (Å²) < 4.78 is 13.7. The zero-order valence-electron chi connectivity index (χ0n) is 14.9. The van der Waals surface area contributed by atoms with Crippen molar-refractivity contribution >= 4 is 11.5 Å². The van der Waals surface area contributed by atoms with Crippen molar-refractivity contribution in [3.05, 3.63) is 41.2 Å². The van der Waals surface area contributed by atoms with Gasteiger partial charge in [0, 0.05) is 11.7 Å². The molecule has 0 spiro atoms. The fourth-order valence-corrected chi connectivity index (χ4v) is 3.78. The minimum Gasteiger partial charge on any atom is -0.462 e. The molecule has 1 atom stereocenters. The molecule has 0 saturated heterocycles. The molecule has 0 bridgehead atoms. The summed E-state index contributed by atoms with van der Waals surface area (Å²) in [5, 5.41) is 0. The average Bonchev–Trinajstić information content (AvgIpc) is 3.03. The summed E-state index contributed by atoms with van der Waals surface area (Å²) in [4.78, 5) is 12.3. The van der Waals surface area contributed by atoms with Crippen LogP contribution in [0, 0.1) is 6.92 Å². The van der Waals surface area contributed by atoms with E-state index in [1.165, 1.54) is 19.3 Å². The number of hydrogen-bond donors (Lipinski definition) is 0. The predicted molar refractivity (Wildman–Crippen MR) is 94.5 cm³/mol. The Bertz CT molecular complexity index is 713. The first-order valence-corrected chi connectivity index (χ1v) is 9.05. The van der Waals surface area contributed by atoms with Crippen molar-refractivity contribution in [2.24, 2.45) is 0 Å². The van der Waals surface area contributed by atoms with Gasteiger partial charge in [-0.1, -0.05) is 19.3 Å². The molecular weight excluding hydrogens is 302 g/mol. The molecule has 4 nitrogen and oxygen atoms in total. The molecule has 1 aliphatic carbocycles. The normalized spacial score (nSPS) is 17.1. The number of carbonyl (C=O) groups excluding carboxylic acids is 1. The number of aromatic nitrogens is 1. The van der Waals surface area contributed by atoms with E-state index in [1.54, 1.807) is 0 Å². The van der Waals surface area contributed by atoms with Crippen LogP contribution in [0.3, 0.4) is 0 Å². The van der Waals surface area contributed by atoms with E-state index in [2.05, 4.69) is 11.3 Å². The second kappa shape index (κ2) is 7.39. The molecule has 2 heterocycles. The molecule has 1 saturated carbocycles. The number of nitrogens with zero attached hydrogens (tertiary/aromatic N) is 1. The lowest BCUT2D eigenvalue weighted by molar-refractivity contribution is -0.0249. The van der Waals surface area contributed by atoms with E-state index in [0.717, 1.165) is 29.6 Å². The fraction of sp³-hybridized carbons (Fsp3) is 0.550. The van der Waals surface area contributed by atoms with Gasteiger partial charge < -0.3 is 13.9 Å². The first-order chi connectivity index (χ1) is 11.6. The topological polar surface area (TPSA) is 39.9 Å². The Labute approximate surface area is 143 Å². The van der Waals surface area contributed by atoms with E-state index in [0.29, 0.717) is 18.3 Å². The van der Waals surface area contributed by atoms with Crippen LogP contribution in [-0.4, -0.2) is 23.1 Å². The van der Waals surface area contributed by atoms with Crippen LogP contribution < -0.4 is 0 Å². The third-order valence-corrected chi connectivity index (χ3v) is 4.95. The summed E-state index contributed by atoms with van der Waals surface area (Å²) in [6, 6.07) is 5.92. The van der Waals surface area contributed by atoms with Gasteiger partial charge in [0.1, 0.15) is 0 Å². The Morgan fingerprint density at radius 1 is 1.33 bits per heavy atom. The summed E-state index contributed by atoms with van der Waals surface area (Å²) in [7, 11) is 0. The lowest BCUT2D eigenvalue weighted by Crippen LogP contribution is -2.21. The molecular formula is C20H27NO3. The smallest absolute Gasteiger partial charge is 0.338 e. The van der Waals surface area contributed by atoms with Crippen molar-refractivity contribution in [1.29, 1.82) is 0 Å². The second-order valence-electron chi connectivity index (χ2n) is 6.63. The maximum absolute atomic E-state index is 12.3. The average molecular weight is 329 g/mol.